The molecule has 0 unspecified atom stereocenters. The molecule has 2 aromatic rings. The van der Waals surface area contributed by atoms with Gasteiger partial charge in [-0.3, -0.25) is 19.7 Å². The highest BCUT2D eigenvalue weighted by molar-refractivity contribution is 6.45. The highest BCUT2D eigenvalue weighted by Gasteiger charge is 2.43. The molecular formula is C23H24N4O5. The average molecular weight is 436 g/mol. The van der Waals surface area contributed by atoms with Gasteiger partial charge in [0.2, 0.25) is 0 Å². The number of likely N-dealkylation sites (N-methyl/N-ethyl adjacent to an activating group) is 1. The molecular weight excluding hydrogens is 412 g/mol. The summed E-state index contributed by atoms with van der Waals surface area (Å²) < 4.78 is 5.46. The third kappa shape index (κ3) is 3.94. The maximum atomic E-state index is 13.5. The first-order chi connectivity index (χ1) is 15.4. The van der Waals surface area contributed by atoms with Gasteiger partial charge in [0.25, 0.3) is 17.5 Å². The van der Waals surface area contributed by atoms with Crippen molar-refractivity contribution in [2.45, 2.75) is 6.92 Å². The lowest BCUT2D eigenvalue weighted by Gasteiger charge is -2.34. The Morgan fingerprint density at radius 1 is 0.938 bits per heavy atom. The van der Waals surface area contributed by atoms with Gasteiger partial charge in [-0.25, -0.2) is 4.90 Å². The van der Waals surface area contributed by atoms with Gasteiger partial charge in [0.1, 0.15) is 11.4 Å². The van der Waals surface area contributed by atoms with Gasteiger partial charge in [-0.05, 0) is 55.9 Å². The van der Waals surface area contributed by atoms with Crippen molar-refractivity contribution in [2.75, 3.05) is 44.7 Å². The van der Waals surface area contributed by atoms with E-state index in [1.54, 1.807) is 24.3 Å². The van der Waals surface area contributed by atoms with Crippen molar-refractivity contribution in [1.82, 2.24) is 9.80 Å². The summed E-state index contributed by atoms with van der Waals surface area (Å²) in [4.78, 5) is 42.8. The number of nitro benzene ring substituents is 1. The quantitative estimate of drug-likeness (QED) is 0.390. The molecule has 166 valence electrons. The molecule has 0 atom stereocenters. The van der Waals surface area contributed by atoms with Crippen LogP contribution in [0.3, 0.4) is 0 Å². The summed E-state index contributed by atoms with van der Waals surface area (Å²) in [6, 6.07) is 12.6. The Hall–Kier alpha value is -3.72. The monoisotopic (exact) mass is 436 g/mol. The number of piperazine rings is 1. The predicted molar refractivity (Wildman–Crippen MR) is 119 cm³/mol. The van der Waals surface area contributed by atoms with Gasteiger partial charge in [0.05, 0.1) is 22.8 Å². The number of carbonyl (C=O) groups excluding carboxylic acids is 2. The fraction of sp³-hybridized carbons (Fsp3) is 0.304. The Kier molecular flexibility index (Phi) is 5.91. The minimum absolute atomic E-state index is 0.0735. The van der Waals surface area contributed by atoms with Crippen molar-refractivity contribution in [3.8, 4) is 5.75 Å². The summed E-state index contributed by atoms with van der Waals surface area (Å²) in [5.41, 5.74) is 1.47. The molecule has 32 heavy (non-hydrogen) atoms. The van der Waals surface area contributed by atoms with Crippen molar-refractivity contribution >= 4 is 28.8 Å². The van der Waals surface area contributed by atoms with Crippen LogP contribution in [0.2, 0.25) is 0 Å². The Labute approximate surface area is 185 Å². The maximum absolute atomic E-state index is 13.5. The number of rotatable bonds is 6. The van der Waals surface area contributed by atoms with E-state index in [2.05, 4.69) is 4.90 Å². The summed E-state index contributed by atoms with van der Waals surface area (Å²) >= 11 is 0. The van der Waals surface area contributed by atoms with Gasteiger partial charge in [0, 0.05) is 38.3 Å². The van der Waals surface area contributed by atoms with Gasteiger partial charge in [0.15, 0.2) is 0 Å². The molecule has 0 spiro atoms. The molecule has 2 aromatic carbocycles. The van der Waals surface area contributed by atoms with Crippen LogP contribution in [0.15, 0.2) is 54.2 Å². The molecule has 1 saturated heterocycles. The zero-order valence-electron chi connectivity index (χ0n) is 18.0. The second-order valence-electron chi connectivity index (χ2n) is 7.69. The first-order valence-electron chi connectivity index (χ1n) is 10.4. The van der Waals surface area contributed by atoms with E-state index in [1.165, 1.54) is 29.2 Å². The molecule has 0 saturated carbocycles. The van der Waals surface area contributed by atoms with Crippen LogP contribution < -0.4 is 9.64 Å². The van der Waals surface area contributed by atoms with Gasteiger partial charge in [-0.1, -0.05) is 0 Å². The second kappa shape index (κ2) is 8.80. The number of hydrogen-bond donors (Lipinski definition) is 0. The molecule has 4 rings (SSSR count). The molecule has 2 heterocycles. The number of anilines is 1. The van der Waals surface area contributed by atoms with Crippen LogP contribution in [0.5, 0.6) is 5.75 Å². The largest absolute Gasteiger partial charge is 0.494 e. The Morgan fingerprint density at radius 2 is 1.56 bits per heavy atom. The normalized spacial score (nSPS) is 17.3. The molecule has 0 aromatic heterocycles. The number of imide groups is 1. The standard InChI is InChI=1S/C23H24N4O5/c1-3-32-19-10-8-17(9-11-19)26-22(28)20(16-4-6-18(7-5-16)27(30)31)21(23(26)29)25-14-12-24(2)13-15-25/h4-11H,3,12-15H2,1-2H3. The van der Waals surface area contributed by atoms with Crippen LogP contribution in [-0.4, -0.2) is 66.4 Å². The topological polar surface area (TPSA) is 96.2 Å². The SMILES string of the molecule is CCOc1ccc(N2C(=O)C(c3ccc([N+](=O)[O-])cc3)=C(N3CCN(C)CC3)C2=O)cc1. The predicted octanol–water partition coefficient (Wildman–Crippen LogP) is 2.53. The van der Waals surface area contributed by atoms with E-state index >= 15 is 0 Å². The van der Waals surface area contributed by atoms with Gasteiger partial charge < -0.3 is 14.5 Å². The zero-order valence-corrected chi connectivity index (χ0v) is 18.0. The number of amides is 2. The Bertz CT molecular complexity index is 1070. The number of non-ortho nitro benzene ring substituents is 1. The Balaban J connectivity index is 1.75. The molecule has 0 radical (unpaired) electrons. The summed E-state index contributed by atoms with van der Waals surface area (Å²) in [6.07, 6.45) is 0. The smallest absolute Gasteiger partial charge is 0.282 e. The number of benzene rings is 2. The van der Waals surface area contributed by atoms with Crippen LogP contribution >= 0.6 is 0 Å². The minimum Gasteiger partial charge on any atom is -0.494 e. The van der Waals surface area contributed by atoms with Crippen LogP contribution in [-0.2, 0) is 9.59 Å². The zero-order chi connectivity index (χ0) is 22.8. The van der Waals surface area contributed by atoms with Gasteiger partial charge >= 0.3 is 0 Å². The van der Waals surface area contributed by atoms with Crippen LogP contribution in [0, 0.1) is 10.1 Å². The summed E-state index contributed by atoms with van der Waals surface area (Å²) in [6.45, 7) is 5.14. The van der Waals surface area contributed by atoms with Crippen LogP contribution in [0.1, 0.15) is 12.5 Å². The number of nitrogens with zero attached hydrogens (tertiary/aromatic N) is 4. The molecule has 2 aliphatic heterocycles. The van der Waals surface area contributed by atoms with E-state index in [-0.39, 0.29) is 11.3 Å². The van der Waals surface area contributed by atoms with E-state index in [1.807, 2.05) is 18.9 Å². The van der Waals surface area contributed by atoms with E-state index in [0.29, 0.717) is 42.4 Å². The van der Waals surface area contributed by atoms with Gasteiger partial charge in [-0.2, -0.15) is 0 Å². The number of hydrogen-bond acceptors (Lipinski definition) is 7. The minimum atomic E-state index is -0.493. The third-order valence-electron chi connectivity index (χ3n) is 5.65. The number of carbonyl (C=O) groups is 2. The third-order valence-corrected chi connectivity index (χ3v) is 5.65. The molecule has 0 aliphatic carbocycles. The maximum Gasteiger partial charge on any atom is 0.282 e. The van der Waals surface area contributed by atoms with Crippen molar-refractivity contribution in [3.63, 3.8) is 0 Å². The van der Waals surface area contributed by atoms with E-state index in [9.17, 15) is 19.7 Å². The molecule has 9 heteroatoms. The molecule has 2 amide bonds. The van der Waals surface area contributed by atoms with Crippen molar-refractivity contribution in [3.05, 3.63) is 69.9 Å². The first-order valence-corrected chi connectivity index (χ1v) is 10.4. The van der Waals surface area contributed by atoms with Crippen LogP contribution in [0.25, 0.3) is 5.57 Å². The molecule has 0 bridgehead atoms. The summed E-state index contributed by atoms with van der Waals surface area (Å²) in [5, 5.41) is 11.0. The lowest BCUT2D eigenvalue weighted by atomic mass is 10.0. The lowest BCUT2D eigenvalue weighted by molar-refractivity contribution is -0.384. The molecule has 9 nitrogen and oxygen atoms in total. The molecule has 0 N–H and O–H groups in total. The summed E-state index contributed by atoms with van der Waals surface area (Å²) in [7, 11) is 2.01. The average Bonchev–Trinajstić information content (AvgIpc) is 3.05. The van der Waals surface area contributed by atoms with E-state index in [0.717, 1.165) is 13.1 Å². The van der Waals surface area contributed by atoms with Crippen molar-refractivity contribution in [1.29, 1.82) is 0 Å². The van der Waals surface area contributed by atoms with Crippen molar-refractivity contribution < 1.29 is 19.2 Å². The fourth-order valence-electron chi connectivity index (χ4n) is 3.94. The molecule has 2 aliphatic rings. The fourth-order valence-corrected chi connectivity index (χ4v) is 3.94. The first kappa shape index (κ1) is 21.5. The lowest BCUT2D eigenvalue weighted by Crippen LogP contribution is -2.46. The highest BCUT2D eigenvalue weighted by atomic mass is 16.6. The Morgan fingerprint density at radius 3 is 2.12 bits per heavy atom. The van der Waals surface area contributed by atoms with Crippen molar-refractivity contribution in [2.24, 2.45) is 0 Å². The van der Waals surface area contributed by atoms with E-state index < -0.39 is 16.7 Å². The van der Waals surface area contributed by atoms with E-state index in [4.69, 9.17) is 4.74 Å². The van der Waals surface area contributed by atoms with Crippen LogP contribution in [0.4, 0.5) is 11.4 Å². The molecule has 1 fully saturated rings. The van der Waals surface area contributed by atoms with Gasteiger partial charge in [-0.15, -0.1) is 0 Å². The second-order valence-corrected chi connectivity index (χ2v) is 7.69. The number of nitro groups is 1. The number of ether oxygens (including phenoxy) is 1. The highest BCUT2D eigenvalue weighted by Crippen LogP contribution is 2.36. The summed E-state index contributed by atoms with van der Waals surface area (Å²) in [5.74, 6) is -0.183.